The van der Waals surface area contributed by atoms with E-state index in [0.717, 1.165) is 0 Å². The number of hydrogen-bond acceptors (Lipinski definition) is 7. The fourth-order valence-electron chi connectivity index (χ4n) is 2.91. The lowest BCUT2D eigenvalue weighted by Crippen LogP contribution is -2.54. The normalized spacial score (nSPS) is 14.9. The number of anilines is 1. The molecule has 1 fully saturated rings. The minimum Gasteiger partial charge on any atom is -0.545 e. The highest BCUT2D eigenvalue weighted by Crippen LogP contribution is 2.37. The Kier molecular flexibility index (Phi) is 6.60. The smallest absolute Gasteiger partial charge is 0.335 e. The van der Waals surface area contributed by atoms with Crippen molar-refractivity contribution in [3.63, 3.8) is 0 Å². The van der Waals surface area contributed by atoms with Crippen LogP contribution in [0.2, 0.25) is 5.02 Å². The number of nitrogens with one attached hydrogen (secondary N) is 1. The number of carbonyl (C=O) groups excluding carboxylic acids is 4. The van der Waals surface area contributed by atoms with E-state index in [1.807, 2.05) is 0 Å². The summed E-state index contributed by atoms with van der Waals surface area (Å²) in [5, 5.41) is 13.2. The van der Waals surface area contributed by atoms with Gasteiger partial charge in [0.2, 0.25) is 0 Å². The van der Waals surface area contributed by atoms with Crippen LogP contribution in [0.15, 0.2) is 54.6 Å². The van der Waals surface area contributed by atoms with Gasteiger partial charge in [-0.1, -0.05) is 36.4 Å². The summed E-state index contributed by atoms with van der Waals surface area (Å²) in [5.74, 6) is -2.68. The molecule has 0 unspecified atom stereocenters. The van der Waals surface area contributed by atoms with Gasteiger partial charge < -0.3 is 19.4 Å². The fraction of sp³-hybridized carbons (Fsp3) is 0.0909. The van der Waals surface area contributed by atoms with Crippen molar-refractivity contribution in [3.05, 3.63) is 70.8 Å². The Morgan fingerprint density at radius 2 is 1.91 bits per heavy atom. The first kappa shape index (κ1) is 22.6. The first-order valence-corrected chi connectivity index (χ1v) is 9.48. The lowest BCUT2D eigenvalue weighted by Gasteiger charge is -2.26. The lowest BCUT2D eigenvalue weighted by atomic mass is 10.1. The monoisotopic (exact) mass is 455 g/mol. The maximum Gasteiger partial charge on any atom is 0.335 e. The standard InChI is InChI=1S/C22H17ClN2O7/c1-3-8-32-18-16(23)10-12(11-17(18)31-2)9-15-19(26)24-22(30)25(20(15)27)14-6-4-13(5-7-14)21(28)29/h3-7,9-11H,1,8H2,2H3,(H,28,29)(H,24,26,30)/p-1/b15-9-. The average molecular weight is 456 g/mol. The summed E-state index contributed by atoms with van der Waals surface area (Å²) in [7, 11) is 1.40. The molecule has 1 saturated heterocycles. The van der Waals surface area contributed by atoms with Gasteiger partial charge in [0.1, 0.15) is 12.2 Å². The van der Waals surface area contributed by atoms with E-state index in [2.05, 4.69) is 11.9 Å². The third-order valence-corrected chi connectivity index (χ3v) is 4.65. The number of imide groups is 2. The van der Waals surface area contributed by atoms with Gasteiger partial charge in [-0.25, -0.2) is 9.69 Å². The van der Waals surface area contributed by atoms with Crippen molar-refractivity contribution in [1.82, 2.24) is 5.32 Å². The summed E-state index contributed by atoms with van der Waals surface area (Å²) in [4.78, 5) is 49.2. The molecule has 1 N–H and O–H groups in total. The molecule has 0 aliphatic carbocycles. The van der Waals surface area contributed by atoms with Crippen molar-refractivity contribution in [2.75, 3.05) is 18.6 Å². The summed E-state index contributed by atoms with van der Waals surface area (Å²) in [6.45, 7) is 3.75. The maximum atomic E-state index is 13.0. The van der Waals surface area contributed by atoms with Crippen LogP contribution in [-0.4, -0.2) is 37.5 Å². The van der Waals surface area contributed by atoms with Gasteiger partial charge in [-0.3, -0.25) is 14.9 Å². The molecule has 1 aliphatic rings. The zero-order chi connectivity index (χ0) is 23.4. The average Bonchev–Trinajstić information content (AvgIpc) is 2.75. The number of methoxy groups -OCH3 is 1. The number of halogens is 1. The molecular weight excluding hydrogens is 440 g/mol. The van der Waals surface area contributed by atoms with Crippen molar-refractivity contribution in [2.24, 2.45) is 0 Å². The van der Waals surface area contributed by atoms with E-state index in [1.165, 1.54) is 55.7 Å². The van der Waals surface area contributed by atoms with Crippen LogP contribution >= 0.6 is 11.6 Å². The molecule has 1 aliphatic heterocycles. The number of aromatic carboxylic acids is 1. The summed E-state index contributed by atoms with van der Waals surface area (Å²) in [5.41, 5.74) is -0.0602. The number of carboxylic acids is 1. The molecule has 9 nitrogen and oxygen atoms in total. The van der Waals surface area contributed by atoms with Crippen LogP contribution in [-0.2, 0) is 9.59 Å². The van der Waals surface area contributed by atoms with Gasteiger partial charge in [0.15, 0.2) is 11.5 Å². The van der Waals surface area contributed by atoms with Gasteiger partial charge in [0, 0.05) is 0 Å². The summed E-state index contributed by atoms with van der Waals surface area (Å²) in [6, 6.07) is 6.86. The molecule has 0 radical (unpaired) electrons. The van der Waals surface area contributed by atoms with Gasteiger partial charge in [0.25, 0.3) is 11.8 Å². The first-order chi connectivity index (χ1) is 15.3. The minimum absolute atomic E-state index is 0.0692. The highest BCUT2D eigenvalue weighted by atomic mass is 35.5. The predicted octanol–water partition coefficient (Wildman–Crippen LogP) is 1.94. The summed E-state index contributed by atoms with van der Waals surface area (Å²) < 4.78 is 10.7. The zero-order valence-electron chi connectivity index (χ0n) is 16.7. The molecule has 4 amide bonds. The summed E-state index contributed by atoms with van der Waals surface area (Å²) in [6.07, 6.45) is 2.78. The van der Waals surface area contributed by atoms with E-state index in [0.29, 0.717) is 10.5 Å². The molecular formula is C22H16ClN2O7-. The Hall–Kier alpha value is -4.11. The van der Waals surface area contributed by atoms with E-state index in [-0.39, 0.29) is 40.0 Å². The Morgan fingerprint density at radius 1 is 1.22 bits per heavy atom. The molecule has 32 heavy (non-hydrogen) atoms. The molecule has 2 aromatic rings. The number of carboxylic acid groups (broad SMARTS) is 1. The molecule has 10 heteroatoms. The molecule has 164 valence electrons. The number of ether oxygens (including phenoxy) is 2. The van der Waals surface area contributed by atoms with Gasteiger partial charge in [-0.15, -0.1) is 0 Å². The number of amides is 4. The molecule has 3 rings (SSSR count). The van der Waals surface area contributed by atoms with E-state index in [4.69, 9.17) is 21.1 Å². The van der Waals surface area contributed by atoms with Crippen molar-refractivity contribution < 1.29 is 33.8 Å². The van der Waals surface area contributed by atoms with Crippen LogP contribution < -0.4 is 24.8 Å². The minimum atomic E-state index is -1.41. The van der Waals surface area contributed by atoms with Crippen LogP contribution in [0.5, 0.6) is 11.5 Å². The van der Waals surface area contributed by atoms with E-state index >= 15 is 0 Å². The number of carbonyl (C=O) groups is 4. The topological polar surface area (TPSA) is 125 Å². The van der Waals surface area contributed by atoms with E-state index in [9.17, 15) is 24.3 Å². The Labute approximate surface area is 187 Å². The van der Waals surface area contributed by atoms with E-state index < -0.39 is 23.8 Å². The largest absolute Gasteiger partial charge is 0.545 e. The lowest BCUT2D eigenvalue weighted by molar-refractivity contribution is -0.255. The highest BCUT2D eigenvalue weighted by molar-refractivity contribution is 6.39. The zero-order valence-corrected chi connectivity index (χ0v) is 17.5. The molecule has 0 atom stereocenters. The number of urea groups is 1. The second-order valence-corrected chi connectivity index (χ2v) is 6.83. The second kappa shape index (κ2) is 9.36. The summed E-state index contributed by atoms with van der Waals surface area (Å²) >= 11 is 6.26. The van der Waals surface area contributed by atoms with Crippen molar-refractivity contribution in [1.29, 1.82) is 0 Å². The Bertz CT molecular complexity index is 1160. The molecule has 1 heterocycles. The number of nitrogens with zero attached hydrogens (tertiary/aromatic N) is 1. The number of benzene rings is 2. The Morgan fingerprint density at radius 3 is 2.50 bits per heavy atom. The number of hydrogen-bond donors (Lipinski definition) is 1. The first-order valence-electron chi connectivity index (χ1n) is 9.11. The molecule has 2 aromatic carbocycles. The van der Waals surface area contributed by atoms with Gasteiger partial charge in [-0.05, 0) is 41.5 Å². The highest BCUT2D eigenvalue weighted by Gasteiger charge is 2.36. The van der Waals surface area contributed by atoms with Crippen molar-refractivity contribution >= 4 is 47.2 Å². The van der Waals surface area contributed by atoms with Crippen LogP contribution in [0, 0.1) is 0 Å². The molecule has 0 saturated carbocycles. The van der Waals surface area contributed by atoms with Crippen molar-refractivity contribution in [3.8, 4) is 11.5 Å². The van der Waals surface area contributed by atoms with Crippen LogP contribution in [0.3, 0.4) is 0 Å². The molecule has 0 spiro atoms. The SMILES string of the molecule is C=CCOc1c(Cl)cc(/C=C2/C(=O)NC(=O)N(c3ccc(C(=O)[O-])cc3)C2=O)cc1OC. The second-order valence-electron chi connectivity index (χ2n) is 6.43. The number of barbiturate groups is 1. The van der Waals surface area contributed by atoms with Crippen LogP contribution in [0.1, 0.15) is 15.9 Å². The third kappa shape index (κ3) is 4.47. The van der Waals surface area contributed by atoms with Crippen LogP contribution in [0.4, 0.5) is 10.5 Å². The Balaban J connectivity index is 1.99. The third-order valence-electron chi connectivity index (χ3n) is 4.37. The van der Waals surface area contributed by atoms with Crippen LogP contribution in [0.25, 0.3) is 6.08 Å². The quantitative estimate of drug-likeness (QED) is 0.384. The van der Waals surface area contributed by atoms with Gasteiger partial charge in [-0.2, -0.15) is 0 Å². The fourth-order valence-corrected chi connectivity index (χ4v) is 3.18. The van der Waals surface area contributed by atoms with Crippen molar-refractivity contribution in [2.45, 2.75) is 0 Å². The number of rotatable bonds is 7. The van der Waals surface area contributed by atoms with Gasteiger partial charge >= 0.3 is 6.03 Å². The predicted molar refractivity (Wildman–Crippen MR) is 113 cm³/mol. The van der Waals surface area contributed by atoms with E-state index in [1.54, 1.807) is 0 Å². The van der Waals surface area contributed by atoms with Gasteiger partial charge in [0.05, 0.1) is 23.8 Å². The molecule has 0 aromatic heterocycles. The maximum absolute atomic E-state index is 13.0. The molecule has 0 bridgehead atoms.